The van der Waals surface area contributed by atoms with E-state index in [0.29, 0.717) is 18.5 Å². The second-order valence-electron chi connectivity index (χ2n) is 5.97. The normalized spacial score (nSPS) is 11.2. The first-order valence-corrected chi connectivity index (χ1v) is 7.09. The third-order valence-corrected chi connectivity index (χ3v) is 3.27. The molecule has 5 heteroatoms. The van der Waals surface area contributed by atoms with Crippen molar-refractivity contribution in [2.24, 2.45) is 5.73 Å². The van der Waals surface area contributed by atoms with Crippen LogP contribution in [-0.2, 0) is 11.2 Å². The molecule has 1 rings (SSSR count). The number of amides is 1. The van der Waals surface area contributed by atoms with E-state index in [1.807, 2.05) is 39.0 Å². The molecule has 3 N–H and O–H groups in total. The predicted molar refractivity (Wildman–Crippen MR) is 82.2 cm³/mol. The molecule has 0 aliphatic carbocycles. The molecule has 0 bridgehead atoms. The molecule has 0 heterocycles. The van der Waals surface area contributed by atoms with Gasteiger partial charge in [0.05, 0.1) is 6.42 Å². The number of nitrogens with zero attached hydrogens (tertiary/aromatic N) is 1. The van der Waals surface area contributed by atoms with Crippen molar-refractivity contribution in [2.75, 3.05) is 13.1 Å². The predicted octanol–water partition coefficient (Wildman–Crippen LogP) is 1.90. The molecule has 0 atom stereocenters. The Morgan fingerprint density at radius 3 is 2.38 bits per heavy atom. The summed E-state index contributed by atoms with van der Waals surface area (Å²) >= 11 is 0. The number of nitrogens with two attached hydrogens (primary N) is 1. The minimum Gasteiger partial charge on any atom is -0.481 e. The number of carboxylic acids is 1. The third kappa shape index (κ3) is 4.86. The van der Waals surface area contributed by atoms with Gasteiger partial charge in [-0.1, -0.05) is 18.2 Å². The Balaban J connectivity index is 3.08. The van der Waals surface area contributed by atoms with Crippen LogP contribution in [0.25, 0.3) is 0 Å². The van der Waals surface area contributed by atoms with Crippen molar-refractivity contribution < 1.29 is 14.7 Å². The van der Waals surface area contributed by atoms with Crippen LogP contribution in [-0.4, -0.2) is 40.5 Å². The molecule has 1 aromatic carbocycles. The molecule has 0 spiro atoms. The molecule has 0 aliphatic heterocycles. The Labute approximate surface area is 125 Å². The Bertz CT molecular complexity index is 506. The van der Waals surface area contributed by atoms with Crippen LogP contribution in [0.4, 0.5) is 0 Å². The van der Waals surface area contributed by atoms with Crippen LogP contribution in [0.15, 0.2) is 24.3 Å². The van der Waals surface area contributed by atoms with Crippen molar-refractivity contribution in [3.63, 3.8) is 0 Å². The van der Waals surface area contributed by atoms with E-state index < -0.39 is 11.5 Å². The number of aliphatic carboxylic acids is 1. The van der Waals surface area contributed by atoms with Crippen LogP contribution >= 0.6 is 0 Å². The van der Waals surface area contributed by atoms with Crippen molar-refractivity contribution in [3.05, 3.63) is 35.4 Å². The summed E-state index contributed by atoms with van der Waals surface area (Å²) in [4.78, 5) is 25.2. The summed E-state index contributed by atoms with van der Waals surface area (Å²) in [5, 5.41) is 8.86. The van der Waals surface area contributed by atoms with Crippen molar-refractivity contribution >= 4 is 11.9 Å². The average Bonchev–Trinajstić information content (AvgIpc) is 2.37. The van der Waals surface area contributed by atoms with Gasteiger partial charge >= 0.3 is 5.97 Å². The van der Waals surface area contributed by atoms with Gasteiger partial charge in [0.1, 0.15) is 0 Å². The SMILES string of the molecule is CC(C)(C)N(CCC(=O)O)C(=O)c1ccccc1CCN. The highest BCUT2D eigenvalue weighted by Gasteiger charge is 2.28. The van der Waals surface area contributed by atoms with Gasteiger partial charge in [-0.2, -0.15) is 0 Å². The first-order valence-electron chi connectivity index (χ1n) is 7.09. The lowest BCUT2D eigenvalue weighted by Gasteiger charge is -2.36. The molecule has 0 aliphatic rings. The molecular weight excluding hydrogens is 268 g/mol. The molecule has 1 aromatic rings. The number of carbonyl (C=O) groups is 2. The van der Waals surface area contributed by atoms with Gasteiger partial charge in [0.25, 0.3) is 5.91 Å². The molecular formula is C16H24N2O3. The quantitative estimate of drug-likeness (QED) is 0.839. The van der Waals surface area contributed by atoms with Crippen molar-refractivity contribution in [1.29, 1.82) is 0 Å². The molecule has 0 unspecified atom stereocenters. The summed E-state index contributed by atoms with van der Waals surface area (Å²) in [7, 11) is 0. The van der Waals surface area contributed by atoms with E-state index in [1.165, 1.54) is 0 Å². The number of carboxylic acid groups (broad SMARTS) is 1. The second kappa shape index (κ2) is 7.22. The van der Waals surface area contributed by atoms with E-state index in [4.69, 9.17) is 10.8 Å². The van der Waals surface area contributed by atoms with Crippen LogP contribution in [0.1, 0.15) is 43.1 Å². The van der Waals surface area contributed by atoms with E-state index in [0.717, 1.165) is 5.56 Å². The fraction of sp³-hybridized carbons (Fsp3) is 0.500. The van der Waals surface area contributed by atoms with Crippen molar-refractivity contribution in [2.45, 2.75) is 39.2 Å². The minimum absolute atomic E-state index is 0.0674. The first kappa shape index (κ1) is 17.2. The topological polar surface area (TPSA) is 83.6 Å². The van der Waals surface area contributed by atoms with Gasteiger partial charge in [0.2, 0.25) is 0 Å². The zero-order chi connectivity index (χ0) is 16.0. The Kier molecular flexibility index (Phi) is 5.90. The number of hydrogen-bond donors (Lipinski definition) is 2. The summed E-state index contributed by atoms with van der Waals surface area (Å²) in [6.07, 6.45) is 0.556. The average molecular weight is 292 g/mol. The summed E-state index contributed by atoms with van der Waals surface area (Å²) in [6, 6.07) is 7.34. The molecule has 21 heavy (non-hydrogen) atoms. The molecule has 0 radical (unpaired) electrons. The van der Waals surface area contributed by atoms with Crippen molar-refractivity contribution in [3.8, 4) is 0 Å². The van der Waals surface area contributed by atoms with Gasteiger partial charge < -0.3 is 15.7 Å². The first-order chi connectivity index (χ1) is 9.77. The lowest BCUT2D eigenvalue weighted by Crippen LogP contribution is -2.47. The Hall–Kier alpha value is -1.88. The van der Waals surface area contributed by atoms with Crippen LogP contribution in [0, 0.1) is 0 Å². The van der Waals surface area contributed by atoms with Crippen LogP contribution in [0.3, 0.4) is 0 Å². The maximum atomic E-state index is 12.8. The highest BCUT2D eigenvalue weighted by atomic mass is 16.4. The van der Waals surface area contributed by atoms with Crippen molar-refractivity contribution in [1.82, 2.24) is 4.90 Å². The summed E-state index contributed by atoms with van der Waals surface area (Å²) < 4.78 is 0. The number of hydrogen-bond acceptors (Lipinski definition) is 3. The highest BCUT2D eigenvalue weighted by molar-refractivity contribution is 5.96. The highest BCUT2D eigenvalue weighted by Crippen LogP contribution is 2.20. The molecule has 5 nitrogen and oxygen atoms in total. The fourth-order valence-electron chi connectivity index (χ4n) is 2.20. The van der Waals surface area contributed by atoms with Crippen LogP contribution < -0.4 is 5.73 Å². The largest absolute Gasteiger partial charge is 0.481 e. The smallest absolute Gasteiger partial charge is 0.305 e. The maximum Gasteiger partial charge on any atom is 0.305 e. The second-order valence-corrected chi connectivity index (χ2v) is 5.97. The molecule has 116 valence electrons. The lowest BCUT2D eigenvalue weighted by atomic mass is 9.99. The molecule has 0 saturated carbocycles. The van der Waals surface area contributed by atoms with Gasteiger partial charge in [0, 0.05) is 17.6 Å². The fourth-order valence-corrected chi connectivity index (χ4v) is 2.20. The van der Waals surface area contributed by atoms with Gasteiger partial charge in [-0.05, 0) is 45.4 Å². The van der Waals surface area contributed by atoms with Gasteiger partial charge in [-0.3, -0.25) is 9.59 Å². The van der Waals surface area contributed by atoms with E-state index in [-0.39, 0.29) is 18.9 Å². The molecule has 1 amide bonds. The van der Waals surface area contributed by atoms with Gasteiger partial charge in [-0.25, -0.2) is 0 Å². The van der Waals surface area contributed by atoms with Crippen LogP contribution in [0.2, 0.25) is 0 Å². The van der Waals surface area contributed by atoms with Crippen LogP contribution in [0.5, 0.6) is 0 Å². The zero-order valence-corrected chi connectivity index (χ0v) is 12.9. The lowest BCUT2D eigenvalue weighted by molar-refractivity contribution is -0.137. The van der Waals surface area contributed by atoms with E-state index in [2.05, 4.69) is 0 Å². The van der Waals surface area contributed by atoms with E-state index in [1.54, 1.807) is 11.0 Å². The number of benzene rings is 1. The zero-order valence-electron chi connectivity index (χ0n) is 12.9. The number of carbonyl (C=O) groups excluding carboxylic acids is 1. The summed E-state index contributed by atoms with van der Waals surface area (Å²) in [5.41, 5.74) is 6.64. The number of rotatable bonds is 6. The Morgan fingerprint density at radius 2 is 1.86 bits per heavy atom. The monoisotopic (exact) mass is 292 g/mol. The maximum absolute atomic E-state index is 12.8. The van der Waals surface area contributed by atoms with E-state index >= 15 is 0 Å². The third-order valence-electron chi connectivity index (χ3n) is 3.27. The molecule has 0 fully saturated rings. The minimum atomic E-state index is -0.910. The van der Waals surface area contributed by atoms with E-state index in [9.17, 15) is 9.59 Å². The summed E-state index contributed by atoms with van der Waals surface area (Å²) in [5.74, 6) is -1.06. The van der Waals surface area contributed by atoms with Gasteiger partial charge in [0.15, 0.2) is 0 Å². The molecule has 0 aromatic heterocycles. The standard InChI is InChI=1S/C16H24N2O3/c1-16(2,3)18(11-9-14(19)20)15(21)13-7-5-4-6-12(13)8-10-17/h4-7H,8-11,17H2,1-3H3,(H,19,20). The molecule has 0 saturated heterocycles. The summed E-state index contributed by atoms with van der Waals surface area (Å²) in [6.45, 7) is 6.36. The Morgan fingerprint density at radius 1 is 1.24 bits per heavy atom. The van der Waals surface area contributed by atoms with Gasteiger partial charge in [-0.15, -0.1) is 0 Å².